The average molecular weight is 302 g/mol. The van der Waals surface area contributed by atoms with Crippen LogP contribution in [0.5, 0.6) is 0 Å². The average Bonchev–Trinajstić information content (AvgIpc) is 2.92. The molecule has 0 aliphatic carbocycles. The zero-order chi connectivity index (χ0) is 15.1. The largest absolute Gasteiger partial charge is 0.469 e. The first-order valence-electron chi connectivity index (χ1n) is 6.30. The zero-order valence-corrected chi connectivity index (χ0v) is 12.7. The van der Waals surface area contributed by atoms with Gasteiger partial charge in [0.05, 0.1) is 13.0 Å². The van der Waals surface area contributed by atoms with Gasteiger partial charge in [0.15, 0.2) is 5.76 Å². The van der Waals surface area contributed by atoms with Crippen molar-refractivity contribution in [2.45, 2.75) is 25.7 Å². The molecule has 0 radical (unpaired) electrons. The number of hydrogen-bond acceptors (Lipinski definition) is 6. The van der Waals surface area contributed by atoms with Crippen molar-refractivity contribution in [3.05, 3.63) is 11.5 Å². The summed E-state index contributed by atoms with van der Waals surface area (Å²) in [7, 11) is -2.39. The predicted molar refractivity (Wildman–Crippen MR) is 69.4 cm³/mol. The maximum atomic E-state index is 12.6. The lowest BCUT2D eigenvalue weighted by atomic mass is 9.99. The molecule has 0 aromatic carbocycles. The van der Waals surface area contributed by atoms with Gasteiger partial charge >= 0.3 is 5.97 Å². The molecule has 20 heavy (non-hydrogen) atoms. The van der Waals surface area contributed by atoms with Crippen molar-refractivity contribution in [3.8, 4) is 0 Å². The molecule has 8 heteroatoms. The summed E-state index contributed by atoms with van der Waals surface area (Å²) in [6, 6.07) is 0. The summed E-state index contributed by atoms with van der Waals surface area (Å²) < 4.78 is 36.2. The van der Waals surface area contributed by atoms with Crippen molar-refractivity contribution in [2.75, 3.05) is 20.2 Å². The maximum Gasteiger partial charge on any atom is 0.310 e. The Morgan fingerprint density at radius 1 is 1.40 bits per heavy atom. The Kier molecular flexibility index (Phi) is 3.88. The van der Waals surface area contributed by atoms with E-state index in [1.165, 1.54) is 11.4 Å². The molecule has 2 unspecified atom stereocenters. The second kappa shape index (κ2) is 5.17. The van der Waals surface area contributed by atoms with Crippen LogP contribution in [0.3, 0.4) is 0 Å². The van der Waals surface area contributed by atoms with Gasteiger partial charge in [0, 0.05) is 13.1 Å². The normalized spacial score (nSPS) is 24.0. The number of aryl methyl sites for hydroxylation is 2. The number of aromatic nitrogens is 1. The van der Waals surface area contributed by atoms with Crippen molar-refractivity contribution in [3.63, 3.8) is 0 Å². The summed E-state index contributed by atoms with van der Waals surface area (Å²) in [5.41, 5.74) is 0.330. The van der Waals surface area contributed by atoms with Gasteiger partial charge in [0.1, 0.15) is 10.6 Å². The Hall–Kier alpha value is -1.41. The lowest BCUT2D eigenvalue weighted by molar-refractivity contribution is -0.145. The molecule has 1 aliphatic rings. The number of methoxy groups -OCH3 is 1. The van der Waals surface area contributed by atoms with E-state index in [4.69, 9.17) is 9.26 Å². The van der Waals surface area contributed by atoms with E-state index in [1.54, 1.807) is 13.8 Å². The summed E-state index contributed by atoms with van der Waals surface area (Å²) in [6.07, 6.45) is 0. The third-order valence-corrected chi connectivity index (χ3v) is 5.73. The number of carbonyl (C=O) groups is 1. The number of hydrogen-bond donors (Lipinski definition) is 0. The quantitative estimate of drug-likeness (QED) is 0.764. The number of nitrogens with zero attached hydrogens (tertiary/aromatic N) is 2. The van der Waals surface area contributed by atoms with Crippen LogP contribution >= 0.6 is 0 Å². The van der Waals surface area contributed by atoms with Crippen molar-refractivity contribution in [2.24, 2.45) is 11.8 Å². The SMILES string of the molecule is COC(=O)C1CN(S(=O)(=O)c2c(C)noc2C)CC1C. The molecule has 1 aromatic heterocycles. The van der Waals surface area contributed by atoms with Crippen LogP contribution in [-0.4, -0.2) is 44.0 Å². The Balaban J connectivity index is 2.31. The van der Waals surface area contributed by atoms with Crippen molar-refractivity contribution in [1.82, 2.24) is 9.46 Å². The van der Waals surface area contributed by atoms with Gasteiger partial charge in [0.2, 0.25) is 10.0 Å². The summed E-state index contributed by atoms with van der Waals surface area (Å²) in [5, 5.41) is 3.67. The fourth-order valence-corrected chi connectivity index (χ4v) is 4.41. The van der Waals surface area contributed by atoms with Crippen LogP contribution in [0.25, 0.3) is 0 Å². The molecule has 1 aliphatic heterocycles. The minimum atomic E-state index is -3.69. The van der Waals surface area contributed by atoms with Gasteiger partial charge in [-0.15, -0.1) is 0 Å². The third kappa shape index (κ3) is 2.33. The van der Waals surface area contributed by atoms with Crippen LogP contribution in [0.1, 0.15) is 18.4 Å². The number of esters is 1. The van der Waals surface area contributed by atoms with Crippen molar-refractivity contribution >= 4 is 16.0 Å². The second-order valence-corrected chi connectivity index (χ2v) is 6.96. The molecule has 7 nitrogen and oxygen atoms in total. The molecule has 1 saturated heterocycles. The standard InChI is InChI=1S/C12H18N2O5S/c1-7-5-14(6-10(7)12(15)18-4)20(16,17)11-8(2)13-19-9(11)3/h7,10H,5-6H2,1-4H3. The van der Waals surface area contributed by atoms with Crippen LogP contribution < -0.4 is 0 Å². The molecular formula is C12H18N2O5S. The fraction of sp³-hybridized carbons (Fsp3) is 0.667. The van der Waals surface area contributed by atoms with Gasteiger partial charge in [-0.05, 0) is 19.8 Å². The van der Waals surface area contributed by atoms with E-state index in [1.807, 2.05) is 6.92 Å². The highest BCUT2D eigenvalue weighted by atomic mass is 32.2. The lowest BCUT2D eigenvalue weighted by Gasteiger charge is -2.15. The van der Waals surface area contributed by atoms with Gasteiger partial charge in [-0.1, -0.05) is 12.1 Å². The lowest BCUT2D eigenvalue weighted by Crippen LogP contribution is -2.31. The zero-order valence-electron chi connectivity index (χ0n) is 11.9. The monoisotopic (exact) mass is 302 g/mol. The summed E-state index contributed by atoms with van der Waals surface area (Å²) in [4.78, 5) is 11.7. The van der Waals surface area contributed by atoms with E-state index in [2.05, 4.69) is 5.16 Å². The maximum absolute atomic E-state index is 12.6. The first-order chi connectivity index (χ1) is 9.28. The second-order valence-electron chi connectivity index (χ2n) is 5.08. The van der Waals surface area contributed by atoms with Crippen LogP contribution in [0.4, 0.5) is 0 Å². The van der Waals surface area contributed by atoms with Gasteiger partial charge in [-0.25, -0.2) is 8.42 Å². The van der Waals surface area contributed by atoms with E-state index < -0.39 is 15.9 Å². The van der Waals surface area contributed by atoms with Crippen LogP contribution in [-0.2, 0) is 19.6 Å². The molecule has 2 rings (SSSR count). The fourth-order valence-electron chi connectivity index (χ4n) is 2.55. The van der Waals surface area contributed by atoms with Crippen molar-refractivity contribution in [1.29, 1.82) is 0 Å². The van der Waals surface area contributed by atoms with E-state index in [0.29, 0.717) is 5.69 Å². The first-order valence-corrected chi connectivity index (χ1v) is 7.74. The first kappa shape index (κ1) is 15.0. The predicted octanol–water partition coefficient (Wildman–Crippen LogP) is 0.721. The summed E-state index contributed by atoms with van der Waals surface area (Å²) in [5.74, 6) is -0.640. The molecule has 0 bridgehead atoms. The van der Waals surface area contributed by atoms with Crippen LogP contribution in [0, 0.1) is 25.7 Å². The van der Waals surface area contributed by atoms with Gasteiger partial charge in [0.25, 0.3) is 0 Å². The molecule has 1 aromatic rings. The highest BCUT2D eigenvalue weighted by molar-refractivity contribution is 7.89. The molecule has 0 spiro atoms. The number of carbonyl (C=O) groups excluding carboxylic acids is 1. The molecule has 1 fully saturated rings. The molecule has 0 saturated carbocycles. The Morgan fingerprint density at radius 3 is 2.55 bits per heavy atom. The van der Waals surface area contributed by atoms with Crippen molar-refractivity contribution < 1.29 is 22.5 Å². The van der Waals surface area contributed by atoms with Gasteiger partial charge < -0.3 is 9.26 Å². The molecular weight excluding hydrogens is 284 g/mol. The van der Waals surface area contributed by atoms with Gasteiger partial charge in [-0.3, -0.25) is 4.79 Å². The van der Waals surface area contributed by atoms with Gasteiger partial charge in [-0.2, -0.15) is 4.31 Å². The van der Waals surface area contributed by atoms with Crippen LogP contribution in [0.2, 0.25) is 0 Å². The smallest absolute Gasteiger partial charge is 0.310 e. The van der Waals surface area contributed by atoms with Crippen LogP contribution in [0.15, 0.2) is 9.42 Å². The Labute approximate surface area is 117 Å². The molecule has 0 amide bonds. The minimum absolute atomic E-state index is 0.0855. The summed E-state index contributed by atoms with van der Waals surface area (Å²) in [6.45, 7) is 5.39. The number of sulfonamides is 1. The topological polar surface area (TPSA) is 89.7 Å². The minimum Gasteiger partial charge on any atom is -0.469 e. The number of rotatable bonds is 3. The number of ether oxygens (including phenoxy) is 1. The van der Waals surface area contributed by atoms with E-state index in [9.17, 15) is 13.2 Å². The van der Waals surface area contributed by atoms with E-state index >= 15 is 0 Å². The Morgan fingerprint density at radius 2 is 2.05 bits per heavy atom. The Bertz CT molecular complexity index is 602. The molecule has 112 valence electrons. The molecule has 2 atom stereocenters. The highest BCUT2D eigenvalue weighted by Gasteiger charge is 2.42. The third-order valence-electron chi connectivity index (χ3n) is 3.65. The van der Waals surface area contributed by atoms with E-state index in [0.717, 1.165) is 0 Å². The van der Waals surface area contributed by atoms with E-state index in [-0.39, 0.29) is 35.6 Å². The molecule has 0 N–H and O–H groups in total. The highest BCUT2D eigenvalue weighted by Crippen LogP contribution is 2.31. The molecule has 2 heterocycles. The summed E-state index contributed by atoms with van der Waals surface area (Å²) >= 11 is 0.